The number of fused-ring (bicyclic) bond motifs is 1. The Kier molecular flexibility index (Phi) is 5.49. The molecule has 1 aliphatic carbocycles. The molecule has 0 heterocycles. The van der Waals surface area contributed by atoms with Gasteiger partial charge < -0.3 is 4.74 Å². The molecule has 0 aromatic heterocycles. The number of ether oxygens (including phenoxy) is 1. The molecule has 0 fully saturated rings. The molecule has 0 unspecified atom stereocenters. The number of hydrogen-bond donors (Lipinski definition) is 1. The van der Waals surface area contributed by atoms with Crippen LogP contribution in [-0.4, -0.2) is 18.7 Å². The number of hydrogen-bond acceptors (Lipinski definition) is 3. The van der Waals surface area contributed by atoms with Crippen LogP contribution in [0.2, 0.25) is 5.02 Å². The summed E-state index contributed by atoms with van der Waals surface area (Å²) in [6.07, 6.45) is 6.19. The van der Waals surface area contributed by atoms with Gasteiger partial charge >= 0.3 is 0 Å². The highest BCUT2D eigenvalue weighted by atomic mass is 35.5. The van der Waals surface area contributed by atoms with Crippen molar-refractivity contribution in [2.45, 2.75) is 25.7 Å². The van der Waals surface area contributed by atoms with Crippen molar-refractivity contribution in [3.05, 3.63) is 64.2 Å². The molecule has 5 heteroatoms. The summed E-state index contributed by atoms with van der Waals surface area (Å²) < 4.78 is 5.55. The van der Waals surface area contributed by atoms with Crippen molar-refractivity contribution in [2.24, 2.45) is 5.10 Å². The highest BCUT2D eigenvalue weighted by Gasteiger charge is 2.10. The van der Waals surface area contributed by atoms with E-state index in [1.165, 1.54) is 30.2 Å². The van der Waals surface area contributed by atoms with Gasteiger partial charge in [0.15, 0.2) is 6.61 Å². The van der Waals surface area contributed by atoms with Crippen LogP contribution in [-0.2, 0) is 17.6 Å². The van der Waals surface area contributed by atoms with Crippen LogP contribution in [0.4, 0.5) is 0 Å². The smallest absolute Gasteiger partial charge is 0.277 e. The molecule has 0 bridgehead atoms. The first-order valence-electron chi connectivity index (χ1n) is 8.03. The van der Waals surface area contributed by atoms with Crippen LogP contribution < -0.4 is 10.2 Å². The van der Waals surface area contributed by atoms with Crippen molar-refractivity contribution in [2.75, 3.05) is 6.61 Å². The molecule has 0 aliphatic heterocycles. The number of carbonyl (C=O) groups is 1. The fourth-order valence-corrected chi connectivity index (χ4v) is 2.92. The first-order chi connectivity index (χ1) is 11.7. The van der Waals surface area contributed by atoms with Crippen molar-refractivity contribution in [3.63, 3.8) is 0 Å². The molecule has 0 spiro atoms. The largest absolute Gasteiger partial charge is 0.484 e. The van der Waals surface area contributed by atoms with Crippen LogP contribution in [0.15, 0.2) is 47.6 Å². The summed E-state index contributed by atoms with van der Waals surface area (Å²) in [4.78, 5) is 11.8. The molecule has 24 heavy (non-hydrogen) atoms. The lowest BCUT2D eigenvalue weighted by molar-refractivity contribution is -0.123. The van der Waals surface area contributed by atoms with Gasteiger partial charge in [0.05, 0.1) is 6.21 Å². The molecule has 0 saturated heterocycles. The molecule has 1 N–H and O–H groups in total. The average molecular weight is 343 g/mol. The van der Waals surface area contributed by atoms with Crippen LogP contribution in [0, 0.1) is 0 Å². The third kappa shape index (κ3) is 4.36. The second-order valence-electron chi connectivity index (χ2n) is 5.74. The molecule has 3 rings (SSSR count). The van der Waals surface area contributed by atoms with Crippen molar-refractivity contribution in [1.29, 1.82) is 0 Å². The monoisotopic (exact) mass is 342 g/mol. The lowest BCUT2D eigenvalue weighted by Crippen LogP contribution is -2.24. The van der Waals surface area contributed by atoms with Crippen LogP contribution in [0.1, 0.15) is 29.5 Å². The Morgan fingerprint density at radius 2 is 1.96 bits per heavy atom. The zero-order valence-corrected chi connectivity index (χ0v) is 14.1. The third-order valence-electron chi connectivity index (χ3n) is 3.99. The van der Waals surface area contributed by atoms with E-state index < -0.39 is 0 Å². The van der Waals surface area contributed by atoms with Gasteiger partial charge in [-0.2, -0.15) is 5.10 Å². The van der Waals surface area contributed by atoms with E-state index in [1.807, 2.05) is 30.3 Å². The standard InChI is InChI=1S/C19H19ClN2O2/c20-18-8-4-3-7-16(18)12-21-22-19(23)13-24-17-10-9-14-5-1-2-6-15(14)11-17/h3-4,7-12H,1-2,5-6,13H2,(H,22,23)/b21-12-. The average Bonchev–Trinajstić information content (AvgIpc) is 2.61. The maximum atomic E-state index is 11.8. The van der Waals surface area contributed by atoms with Crippen LogP contribution in [0.25, 0.3) is 0 Å². The molecule has 2 aromatic carbocycles. The normalized spacial score (nSPS) is 13.5. The van der Waals surface area contributed by atoms with Gasteiger partial charge in [-0.15, -0.1) is 0 Å². The topological polar surface area (TPSA) is 50.7 Å². The summed E-state index contributed by atoms with van der Waals surface area (Å²) in [5.41, 5.74) is 5.90. The van der Waals surface area contributed by atoms with Gasteiger partial charge in [-0.05, 0) is 55.0 Å². The predicted octanol–water partition coefficient (Wildman–Crippen LogP) is 3.75. The Bertz CT molecular complexity index is 759. The van der Waals surface area contributed by atoms with E-state index in [4.69, 9.17) is 16.3 Å². The summed E-state index contributed by atoms with van der Waals surface area (Å²) in [7, 11) is 0. The maximum absolute atomic E-state index is 11.8. The molecule has 4 nitrogen and oxygen atoms in total. The Morgan fingerprint density at radius 1 is 1.17 bits per heavy atom. The molecular formula is C19H19ClN2O2. The molecule has 1 amide bonds. The van der Waals surface area contributed by atoms with Gasteiger partial charge in [-0.3, -0.25) is 4.79 Å². The molecule has 0 atom stereocenters. The number of rotatable bonds is 5. The minimum Gasteiger partial charge on any atom is -0.484 e. The van der Waals surface area contributed by atoms with E-state index in [2.05, 4.69) is 16.6 Å². The van der Waals surface area contributed by atoms with Crippen LogP contribution >= 0.6 is 11.6 Å². The summed E-state index contributed by atoms with van der Waals surface area (Å²) in [6.45, 7) is -0.0708. The summed E-state index contributed by atoms with van der Waals surface area (Å²) in [5.74, 6) is 0.414. The highest BCUT2D eigenvalue weighted by Crippen LogP contribution is 2.25. The number of halogens is 1. The molecular weight excluding hydrogens is 324 g/mol. The Hall–Kier alpha value is -2.33. The van der Waals surface area contributed by atoms with E-state index in [0.29, 0.717) is 5.02 Å². The number of aryl methyl sites for hydroxylation is 2. The number of nitrogens with zero attached hydrogens (tertiary/aromatic N) is 1. The molecule has 0 radical (unpaired) electrons. The fourth-order valence-electron chi connectivity index (χ4n) is 2.73. The van der Waals surface area contributed by atoms with E-state index in [-0.39, 0.29) is 12.5 Å². The quantitative estimate of drug-likeness (QED) is 0.664. The van der Waals surface area contributed by atoms with Gasteiger partial charge in [0.1, 0.15) is 5.75 Å². The fraction of sp³-hybridized carbons (Fsp3) is 0.263. The second-order valence-corrected chi connectivity index (χ2v) is 6.15. The van der Waals surface area contributed by atoms with E-state index >= 15 is 0 Å². The SMILES string of the molecule is O=C(COc1ccc2c(c1)CCCC2)N/N=C\c1ccccc1Cl. The van der Waals surface area contributed by atoms with E-state index in [9.17, 15) is 4.79 Å². The van der Waals surface area contributed by atoms with Crippen molar-refractivity contribution < 1.29 is 9.53 Å². The van der Waals surface area contributed by atoms with E-state index in [0.717, 1.165) is 24.2 Å². The molecule has 1 aliphatic rings. The van der Waals surface area contributed by atoms with Gasteiger partial charge in [0, 0.05) is 10.6 Å². The van der Waals surface area contributed by atoms with Gasteiger partial charge in [0.25, 0.3) is 5.91 Å². The Balaban J connectivity index is 1.50. The minimum absolute atomic E-state index is 0.0708. The minimum atomic E-state index is -0.309. The van der Waals surface area contributed by atoms with Crippen molar-refractivity contribution >= 4 is 23.7 Å². The van der Waals surface area contributed by atoms with Gasteiger partial charge in [0.2, 0.25) is 0 Å². The summed E-state index contributed by atoms with van der Waals surface area (Å²) >= 11 is 6.01. The van der Waals surface area contributed by atoms with Gasteiger partial charge in [-0.25, -0.2) is 5.43 Å². The maximum Gasteiger partial charge on any atom is 0.277 e. The van der Waals surface area contributed by atoms with Crippen molar-refractivity contribution in [1.82, 2.24) is 5.43 Å². The number of carbonyl (C=O) groups excluding carboxylic acids is 1. The first-order valence-corrected chi connectivity index (χ1v) is 8.41. The van der Waals surface area contributed by atoms with Gasteiger partial charge in [-0.1, -0.05) is 35.9 Å². The Morgan fingerprint density at radius 3 is 2.79 bits per heavy atom. The first kappa shape index (κ1) is 16.5. The molecule has 2 aromatic rings. The summed E-state index contributed by atoms with van der Waals surface area (Å²) in [5, 5.41) is 4.48. The Labute approximate surface area is 146 Å². The van der Waals surface area contributed by atoms with Crippen molar-refractivity contribution in [3.8, 4) is 5.75 Å². The number of hydrazone groups is 1. The number of benzene rings is 2. The summed E-state index contributed by atoms with van der Waals surface area (Å²) in [6, 6.07) is 13.3. The number of amides is 1. The van der Waals surface area contributed by atoms with E-state index in [1.54, 1.807) is 6.07 Å². The zero-order chi connectivity index (χ0) is 16.8. The van der Waals surface area contributed by atoms with Crippen LogP contribution in [0.3, 0.4) is 0 Å². The molecule has 0 saturated carbocycles. The second kappa shape index (κ2) is 7.97. The predicted molar refractivity (Wildman–Crippen MR) is 95.8 cm³/mol. The lowest BCUT2D eigenvalue weighted by atomic mass is 9.92. The third-order valence-corrected chi connectivity index (χ3v) is 4.33. The van der Waals surface area contributed by atoms with Crippen LogP contribution in [0.5, 0.6) is 5.75 Å². The highest BCUT2D eigenvalue weighted by molar-refractivity contribution is 6.33. The zero-order valence-electron chi connectivity index (χ0n) is 13.3. The lowest BCUT2D eigenvalue weighted by Gasteiger charge is -2.16. The number of nitrogens with one attached hydrogen (secondary N) is 1. The molecule has 124 valence electrons.